The van der Waals surface area contributed by atoms with Crippen molar-refractivity contribution in [2.75, 3.05) is 6.54 Å². The third kappa shape index (κ3) is 3.80. The van der Waals surface area contributed by atoms with E-state index in [9.17, 15) is 0 Å². The van der Waals surface area contributed by atoms with E-state index in [0.717, 1.165) is 24.6 Å². The van der Waals surface area contributed by atoms with Crippen LogP contribution in [0.4, 0.5) is 0 Å². The van der Waals surface area contributed by atoms with Crippen LogP contribution >= 0.6 is 0 Å². The van der Waals surface area contributed by atoms with Gasteiger partial charge in [-0.25, -0.2) is 9.97 Å². The van der Waals surface area contributed by atoms with Crippen LogP contribution in [-0.2, 0) is 6.54 Å². The minimum absolute atomic E-state index is 0.799. The fourth-order valence-corrected chi connectivity index (χ4v) is 1.01. The summed E-state index contributed by atoms with van der Waals surface area (Å²) in [6, 6.07) is 1.93. The predicted molar refractivity (Wildman–Crippen MR) is 53.3 cm³/mol. The molecule has 0 bridgehead atoms. The molecule has 0 spiro atoms. The summed E-state index contributed by atoms with van der Waals surface area (Å²) in [6.07, 6.45) is 5.89. The van der Waals surface area contributed by atoms with Crippen molar-refractivity contribution in [3.8, 4) is 0 Å². The molecule has 0 aliphatic carbocycles. The Balaban J connectivity index is 2.36. The average Bonchev–Trinajstić information content (AvgIpc) is 2.13. The molecule has 0 unspecified atom stereocenters. The molecule has 0 radical (unpaired) electrons. The fraction of sp³-hybridized carbons (Fsp3) is 0.400. The van der Waals surface area contributed by atoms with Crippen LogP contribution in [0.25, 0.3) is 0 Å². The number of nitrogens with zero attached hydrogens (tertiary/aromatic N) is 2. The highest BCUT2D eigenvalue weighted by atomic mass is 14.9. The molecule has 0 saturated heterocycles. The lowest BCUT2D eigenvalue weighted by Gasteiger charge is -2.01. The lowest BCUT2D eigenvalue weighted by atomic mass is 10.4. The zero-order valence-electron chi connectivity index (χ0n) is 8.12. The van der Waals surface area contributed by atoms with Crippen LogP contribution in [0.1, 0.15) is 18.4 Å². The number of aromatic nitrogens is 2. The zero-order valence-corrected chi connectivity index (χ0v) is 8.12. The van der Waals surface area contributed by atoms with Gasteiger partial charge in [-0.05, 0) is 19.9 Å². The van der Waals surface area contributed by atoms with Crippen LogP contribution in [0.5, 0.6) is 0 Å². The quantitative estimate of drug-likeness (QED) is 0.558. The molecule has 0 atom stereocenters. The summed E-state index contributed by atoms with van der Waals surface area (Å²) in [5.74, 6) is 0.824. The number of rotatable bonds is 4. The molecule has 0 aliphatic rings. The fourth-order valence-electron chi connectivity index (χ4n) is 1.01. The van der Waals surface area contributed by atoms with Crippen LogP contribution < -0.4 is 5.32 Å². The Labute approximate surface area is 78.9 Å². The van der Waals surface area contributed by atoms with Crippen molar-refractivity contribution < 1.29 is 0 Å². The van der Waals surface area contributed by atoms with Gasteiger partial charge in [0, 0.05) is 19.3 Å². The van der Waals surface area contributed by atoms with E-state index in [0.29, 0.717) is 0 Å². The largest absolute Gasteiger partial charge is 0.308 e. The maximum absolute atomic E-state index is 4.27. The molecular weight excluding hydrogens is 162 g/mol. The highest BCUT2D eigenvalue weighted by Crippen LogP contribution is 1.93. The monoisotopic (exact) mass is 177 g/mol. The predicted octanol–water partition coefficient (Wildman–Crippen LogP) is 1.45. The topological polar surface area (TPSA) is 37.8 Å². The first kappa shape index (κ1) is 9.86. The first-order valence-electron chi connectivity index (χ1n) is 4.43. The van der Waals surface area contributed by atoms with Gasteiger partial charge in [-0.2, -0.15) is 0 Å². The van der Waals surface area contributed by atoms with Crippen molar-refractivity contribution in [1.29, 1.82) is 0 Å². The Morgan fingerprint density at radius 2 is 2.38 bits per heavy atom. The van der Waals surface area contributed by atoms with Gasteiger partial charge in [0.15, 0.2) is 0 Å². The van der Waals surface area contributed by atoms with Gasteiger partial charge in [-0.3, -0.25) is 0 Å². The Morgan fingerprint density at radius 1 is 1.54 bits per heavy atom. The molecule has 1 rings (SSSR count). The molecule has 3 nitrogen and oxygen atoms in total. The van der Waals surface area contributed by atoms with E-state index in [1.165, 1.54) is 0 Å². The highest BCUT2D eigenvalue weighted by Gasteiger charge is 1.92. The molecule has 0 aromatic carbocycles. The number of nitrogens with one attached hydrogen (secondary N) is 1. The maximum atomic E-state index is 4.27. The summed E-state index contributed by atoms with van der Waals surface area (Å²) in [4.78, 5) is 8.30. The van der Waals surface area contributed by atoms with Crippen LogP contribution in [0, 0.1) is 6.92 Å². The van der Waals surface area contributed by atoms with E-state index in [4.69, 9.17) is 0 Å². The molecule has 1 N–H and O–H groups in total. The summed E-state index contributed by atoms with van der Waals surface area (Å²) >= 11 is 0. The van der Waals surface area contributed by atoms with Gasteiger partial charge in [0.1, 0.15) is 5.82 Å². The van der Waals surface area contributed by atoms with Crippen LogP contribution in [0.2, 0.25) is 0 Å². The van der Waals surface area contributed by atoms with E-state index >= 15 is 0 Å². The molecule has 3 heteroatoms. The van der Waals surface area contributed by atoms with Crippen LogP contribution in [0.3, 0.4) is 0 Å². The van der Waals surface area contributed by atoms with E-state index in [1.54, 1.807) is 6.20 Å². The summed E-state index contributed by atoms with van der Waals surface area (Å²) in [5.41, 5.74) is 1.04. The molecule has 1 heterocycles. The Hall–Kier alpha value is -1.22. The number of hydrogen-bond acceptors (Lipinski definition) is 3. The molecule has 1 aromatic heterocycles. The van der Waals surface area contributed by atoms with E-state index < -0.39 is 0 Å². The average molecular weight is 177 g/mol. The van der Waals surface area contributed by atoms with Crippen LogP contribution in [-0.4, -0.2) is 16.5 Å². The molecule has 0 saturated carbocycles. The summed E-state index contributed by atoms with van der Waals surface area (Å²) in [5, 5.41) is 3.25. The standard InChI is InChI=1S/C10H15N3/c1-3-4-6-11-8-10-5-7-12-9(2)13-10/h3-5,7,11H,6,8H2,1-2H3/b4-3+. The van der Waals surface area contributed by atoms with Crippen LogP contribution in [0.15, 0.2) is 24.4 Å². The zero-order chi connectivity index (χ0) is 9.52. The first-order chi connectivity index (χ1) is 6.33. The number of hydrogen-bond donors (Lipinski definition) is 1. The van der Waals surface area contributed by atoms with Gasteiger partial charge >= 0.3 is 0 Å². The summed E-state index contributed by atoms with van der Waals surface area (Å²) in [6.45, 7) is 5.60. The van der Waals surface area contributed by atoms with Gasteiger partial charge in [0.05, 0.1) is 5.69 Å². The Bertz CT molecular complexity index is 281. The molecule has 0 fully saturated rings. The van der Waals surface area contributed by atoms with E-state index in [-0.39, 0.29) is 0 Å². The molecule has 0 amide bonds. The Morgan fingerprint density at radius 3 is 3.08 bits per heavy atom. The second-order valence-corrected chi connectivity index (χ2v) is 2.80. The molecular formula is C10H15N3. The van der Waals surface area contributed by atoms with E-state index in [1.807, 2.05) is 26.0 Å². The van der Waals surface area contributed by atoms with Gasteiger partial charge in [0.25, 0.3) is 0 Å². The van der Waals surface area contributed by atoms with Crippen molar-refractivity contribution in [3.05, 3.63) is 35.9 Å². The minimum atomic E-state index is 0.799. The Kier molecular flexibility index (Phi) is 4.12. The van der Waals surface area contributed by atoms with Crippen molar-refractivity contribution in [2.45, 2.75) is 20.4 Å². The van der Waals surface area contributed by atoms with Crippen molar-refractivity contribution in [3.63, 3.8) is 0 Å². The number of aryl methyl sites for hydroxylation is 1. The van der Waals surface area contributed by atoms with Gasteiger partial charge < -0.3 is 5.32 Å². The van der Waals surface area contributed by atoms with Gasteiger partial charge in [-0.15, -0.1) is 0 Å². The van der Waals surface area contributed by atoms with Gasteiger partial charge in [-0.1, -0.05) is 12.2 Å². The van der Waals surface area contributed by atoms with Crippen molar-refractivity contribution in [2.24, 2.45) is 0 Å². The molecule has 0 aliphatic heterocycles. The number of allylic oxidation sites excluding steroid dienone is 1. The first-order valence-corrected chi connectivity index (χ1v) is 4.43. The lowest BCUT2D eigenvalue weighted by molar-refractivity contribution is 0.732. The second-order valence-electron chi connectivity index (χ2n) is 2.80. The van der Waals surface area contributed by atoms with Gasteiger partial charge in [0.2, 0.25) is 0 Å². The second kappa shape index (κ2) is 5.43. The molecule has 13 heavy (non-hydrogen) atoms. The smallest absolute Gasteiger partial charge is 0.125 e. The summed E-state index contributed by atoms with van der Waals surface area (Å²) < 4.78 is 0. The maximum Gasteiger partial charge on any atom is 0.125 e. The van der Waals surface area contributed by atoms with Crippen molar-refractivity contribution >= 4 is 0 Å². The SMILES string of the molecule is C/C=C/CNCc1ccnc(C)n1. The van der Waals surface area contributed by atoms with Crippen molar-refractivity contribution in [1.82, 2.24) is 15.3 Å². The normalized spacial score (nSPS) is 10.9. The molecule has 70 valence electrons. The minimum Gasteiger partial charge on any atom is -0.308 e. The van der Waals surface area contributed by atoms with E-state index in [2.05, 4.69) is 21.4 Å². The third-order valence-electron chi connectivity index (χ3n) is 1.64. The lowest BCUT2D eigenvalue weighted by Crippen LogP contribution is -2.14. The highest BCUT2D eigenvalue weighted by molar-refractivity contribution is 5.01. The molecule has 1 aromatic rings. The third-order valence-corrected chi connectivity index (χ3v) is 1.64. The summed E-state index contributed by atoms with van der Waals surface area (Å²) in [7, 11) is 0.